The van der Waals surface area contributed by atoms with Gasteiger partial charge in [-0.3, -0.25) is 9.59 Å². The van der Waals surface area contributed by atoms with Crippen molar-refractivity contribution in [3.63, 3.8) is 0 Å². The highest BCUT2D eigenvalue weighted by Gasteiger charge is 2.03. The molecule has 0 aromatic carbocycles. The van der Waals surface area contributed by atoms with E-state index in [0.717, 1.165) is 18.1 Å². The van der Waals surface area contributed by atoms with E-state index in [2.05, 4.69) is 6.58 Å². The third-order valence-corrected chi connectivity index (χ3v) is 1.26. The molecule has 0 aliphatic heterocycles. The average molecular weight is 196 g/mol. The number of carboxylic acid groups (broad SMARTS) is 1. The lowest BCUT2D eigenvalue weighted by molar-refractivity contribution is -0.134. The highest BCUT2D eigenvalue weighted by Crippen LogP contribution is 2.15. The molecule has 0 fully saturated rings. The molecule has 0 radical (unpaired) electrons. The van der Waals surface area contributed by atoms with E-state index in [1.54, 1.807) is 6.07 Å². The number of furan rings is 1. The van der Waals surface area contributed by atoms with Gasteiger partial charge in [0.2, 0.25) is 0 Å². The molecular formula is C10H12O4. The molecule has 4 nitrogen and oxygen atoms in total. The molecule has 0 unspecified atom stereocenters. The smallest absolute Gasteiger partial charge is 0.300 e. The second kappa shape index (κ2) is 5.75. The summed E-state index contributed by atoms with van der Waals surface area (Å²) in [6.07, 6.45) is 2.16. The normalized spacial score (nSPS) is 8.43. The van der Waals surface area contributed by atoms with Crippen molar-refractivity contribution in [2.45, 2.75) is 13.8 Å². The van der Waals surface area contributed by atoms with E-state index in [1.165, 1.54) is 6.26 Å². The maximum atomic E-state index is 10.3. The van der Waals surface area contributed by atoms with Crippen molar-refractivity contribution in [2.24, 2.45) is 0 Å². The van der Waals surface area contributed by atoms with Gasteiger partial charge in [0.05, 0.1) is 6.26 Å². The van der Waals surface area contributed by atoms with Crippen LogP contribution in [-0.4, -0.2) is 17.4 Å². The number of hydrogen-bond acceptors (Lipinski definition) is 3. The maximum absolute atomic E-state index is 10.3. The molecule has 0 bridgehead atoms. The van der Waals surface area contributed by atoms with Gasteiger partial charge in [0.1, 0.15) is 0 Å². The Morgan fingerprint density at radius 2 is 2.07 bits per heavy atom. The predicted molar refractivity (Wildman–Crippen MR) is 52.1 cm³/mol. The van der Waals surface area contributed by atoms with E-state index >= 15 is 0 Å². The van der Waals surface area contributed by atoms with Crippen LogP contribution in [0.5, 0.6) is 0 Å². The van der Waals surface area contributed by atoms with Gasteiger partial charge in [-0.1, -0.05) is 6.58 Å². The molecule has 0 atom stereocenters. The number of hydrogen-bond donors (Lipinski definition) is 1. The Kier molecular flexibility index (Phi) is 4.99. The van der Waals surface area contributed by atoms with Crippen molar-refractivity contribution < 1.29 is 19.1 Å². The zero-order valence-corrected chi connectivity index (χ0v) is 8.11. The average Bonchev–Trinajstić information content (AvgIpc) is 2.49. The fourth-order valence-electron chi connectivity index (χ4n) is 0.765. The first-order chi connectivity index (χ1) is 6.49. The fraction of sp³-hybridized carbons (Fsp3) is 0.200. The highest BCUT2D eigenvalue weighted by molar-refractivity contribution is 5.81. The first-order valence-electron chi connectivity index (χ1n) is 3.87. The van der Waals surface area contributed by atoms with E-state index in [0.29, 0.717) is 12.0 Å². The number of carbonyl (C=O) groups excluding carboxylic acids is 1. The molecule has 1 N–H and O–H groups in total. The van der Waals surface area contributed by atoms with Crippen LogP contribution < -0.4 is 0 Å². The minimum atomic E-state index is -0.833. The number of carboxylic acids is 1. The quantitative estimate of drug-likeness (QED) is 0.736. The molecule has 1 rings (SSSR count). The van der Waals surface area contributed by atoms with Crippen molar-refractivity contribution in [2.75, 3.05) is 0 Å². The van der Waals surface area contributed by atoms with Crippen molar-refractivity contribution in [3.8, 4) is 0 Å². The zero-order valence-electron chi connectivity index (χ0n) is 8.11. The number of aliphatic carboxylic acids is 1. The lowest BCUT2D eigenvalue weighted by Gasteiger charge is -1.91. The second-order valence-electron chi connectivity index (χ2n) is 2.62. The number of aldehydes is 1. The van der Waals surface area contributed by atoms with E-state index in [9.17, 15) is 4.79 Å². The SMILES string of the molecule is C=C(C)c1ccoc1C=O.CC(=O)O. The van der Waals surface area contributed by atoms with E-state index in [4.69, 9.17) is 14.3 Å². The summed E-state index contributed by atoms with van der Waals surface area (Å²) in [5.74, 6) is -0.479. The van der Waals surface area contributed by atoms with Gasteiger partial charge >= 0.3 is 0 Å². The summed E-state index contributed by atoms with van der Waals surface area (Å²) >= 11 is 0. The summed E-state index contributed by atoms with van der Waals surface area (Å²) in [5.41, 5.74) is 1.63. The van der Waals surface area contributed by atoms with Crippen LogP contribution in [0, 0.1) is 0 Å². The molecule has 76 valence electrons. The van der Waals surface area contributed by atoms with Gasteiger partial charge in [-0.25, -0.2) is 0 Å². The Morgan fingerprint density at radius 1 is 1.57 bits per heavy atom. The third kappa shape index (κ3) is 4.25. The predicted octanol–water partition coefficient (Wildman–Crippen LogP) is 2.22. The van der Waals surface area contributed by atoms with Crippen LogP contribution in [-0.2, 0) is 4.79 Å². The lowest BCUT2D eigenvalue weighted by atomic mass is 10.1. The summed E-state index contributed by atoms with van der Waals surface area (Å²) in [6.45, 7) is 6.60. The molecule has 0 amide bonds. The minimum Gasteiger partial charge on any atom is -0.481 e. The zero-order chi connectivity index (χ0) is 11.1. The second-order valence-corrected chi connectivity index (χ2v) is 2.62. The van der Waals surface area contributed by atoms with Crippen LogP contribution in [0.25, 0.3) is 5.57 Å². The molecule has 4 heteroatoms. The van der Waals surface area contributed by atoms with Crippen LogP contribution in [0.1, 0.15) is 30.0 Å². The van der Waals surface area contributed by atoms with Crippen molar-refractivity contribution >= 4 is 17.8 Å². The van der Waals surface area contributed by atoms with Crippen LogP contribution in [0.3, 0.4) is 0 Å². The summed E-state index contributed by atoms with van der Waals surface area (Å²) in [5, 5.41) is 7.42. The van der Waals surface area contributed by atoms with E-state index in [-0.39, 0.29) is 0 Å². The van der Waals surface area contributed by atoms with Gasteiger partial charge in [-0.05, 0) is 18.6 Å². The molecule has 1 aromatic heterocycles. The summed E-state index contributed by atoms with van der Waals surface area (Å²) < 4.78 is 4.85. The Morgan fingerprint density at radius 3 is 2.36 bits per heavy atom. The van der Waals surface area contributed by atoms with Gasteiger partial charge in [0.25, 0.3) is 5.97 Å². The fourth-order valence-corrected chi connectivity index (χ4v) is 0.765. The molecular weight excluding hydrogens is 184 g/mol. The van der Waals surface area contributed by atoms with E-state index < -0.39 is 5.97 Å². The summed E-state index contributed by atoms with van der Waals surface area (Å²) in [7, 11) is 0. The Bertz CT molecular complexity index is 332. The van der Waals surface area contributed by atoms with Gasteiger partial charge < -0.3 is 9.52 Å². The monoisotopic (exact) mass is 196 g/mol. The number of allylic oxidation sites excluding steroid dienone is 1. The van der Waals surface area contributed by atoms with Crippen LogP contribution in [0.15, 0.2) is 23.3 Å². The largest absolute Gasteiger partial charge is 0.481 e. The molecule has 1 heterocycles. The van der Waals surface area contributed by atoms with Crippen LogP contribution in [0.4, 0.5) is 0 Å². The first-order valence-corrected chi connectivity index (χ1v) is 3.87. The maximum Gasteiger partial charge on any atom is 0.300 e. The van der Waals surface area contributed by atoms with Crippen molar-refractivity contribution in [1.82, 2.24) is 0 Å². The third-order valence-electron chi connectivity index (χ3n) is 1.26. The van der Waals surface area contributed by atoms with Crippen LogP contribution in [0.2, 0.25) is 0 Å². The van der Waals surface area contributed by atoms with Gasteiger partial charge in [0.15, 0.2) is 12.0 Å². The first kappa shape index (κ1) is 12.2. The molecule has 0 saturated heterocycles. The number of carbonyl (C=O) groups is 2. The minimum absolute atomic E-state index is 0.354. The molecule has 14 heavy (non-hydrogen) atoms. The van der Waals surface area contributed by atoms with Gasteiger partial charge in [0, 0.05) is 12.5 Å². The number of rotatable bonds is 2. The molecule has 0 aliphatic carbocycles. The molecule has 1 aromatic rings. The topological polar surface area (TPSA) is 67.5 Å². The van der Waals surface area contributed by atoms with Crippen molar-refractivity contribution in [1.29, 1.82) is 0 Å². The Labute approximate surface area is 81.8 Å². The van der Waals surface area contributed by atoms with Gasteiger partial charge in [-0.2, -0.15) is 0 Å². The Hall–Kier alpha value is -1.84. The van der Waals surface area contributed by atoms with Crippen LogP contribution >= 0.6 is 0 Å². The lowest BCUT2D eigenvalue weighted by Crippen LogP contribution is -1.80. The van der Waals surface area contributed by atoms with Crippen molar-refractivity contribution in [3.05, 3.63) is 30.2 Å². The molecule has 0 spiro atoms. The summed E-state index contributed by atoms with van der Waals surface area (Å²) in [4.78, 5) is 19.3. The highest BCUT2D eigenvalue weighted by atomic mass is 16.4. The molecule has 0 aliphatic rings. The van der Waals surface area contributed by atoms with E-state index in [1.807, 2.05) is 6.92 Å². The summed E-state index contributed by atoms with van der Waals surface area (Å²) in [6, 6.07) is 1.73. The molecule has 0 saturated carbocycles. The Balaban J connectivity index is 0.000000364. The standard InChI is InChI=1S/C8H8O2.C2H4O2/c1-6(2)7-3-4-10-8(7)5-9;1-2(3)4/h3-5H,1H2,2H3;1H3,(H,3,4). The van der Waals surface area contributed by atoms with Gasteiger partial charge in [-0.15, -0.1) is 0 Å².